The fraction of sp³-hybridized carbons (Fsp3) is 0.174. The van der Waals surface area contributed by atoms with Gasteiger partial charge in [0.1, 0.15) is 12.4 Å². The molecule has 0 unspecified atom stereocenters. The Bertz CT molecular complexity index is 905. The van der Waals surface area contributed by atoms with Crippen molar-refractivity contribution in [3.8, 4) is 5.75 Å². The van der Waals surface area contributed by atoms with Gasteiger partial charge in [-0.25, -0.2) is 4.79 Å². The van der Waals surface area contributed by atoms with Gasteiger partial charge in [0.05, 0.1) is 17.2 Å². The number of aliphatic hydroxyl groups is 1. The lowest BCUT2D eigenvalue weighted by molar-refractivity contribution is -0.150. The van der Waals surface area contributed by atoms with Crippen molar-refractivity contribution in [3.05, 3.63) is 99.6 Å². The SMILES string of the molecule is C=C/C=C(/Cl)C(=C)C.COC(=O)[C@H](O)c1ccc(OCc2ccc(Cl)c(Cl)c2)cc1. The maximum Gasteiger partial charge on any atom is 0.339 e. The van der Waals surface area contributed by atoms with Gasteiger partial charge in [0.25, 0.3) is 0 Å². The first-order valence-electron chi connectivity index (χ1n) is 8.76. The van der Waals surface area contributed by atoms with E-state index in [4.69, 9.17) is 39.5 Å². The Labute approximate surface area is 192 Å². The van der Waals surface area contributed by atoms with E-state index in [0.717, 1.165) is 11.1 Å². The molecular weight excluding hydrogens is 447 g/mol. The largest absolute Gasteiger partial charge is 0.489 e. The Morgan fingerprint density at radius 1 is 1.17 bits per heavy atom. The number of esters is 1. The van der Waals surface area contributed by atoms with Crippen LogP contribution in [0.2, 0.25) is 10.0 Å². The van der Waals surface area contributed by atoms with E-state index in [-0.39, 0.29) is 0 Å². The van der Waals surface area contributed by atoms with Crippen molar-refractivity contribution in [2.75, 3.05) is 7.11 Å². The van der Waals surface area contributed by atoms with Crippen LogP contribution >= 0.6 is 34.8 Å². The van der Waals surface area contributed by atoms with Crippen LogP contribution in [0.5, 0.6) is 5.75 Å². The molecule has 0 aliphatic carbocycles. The number of hydrogen-bond donors (Lipinski definition) is 1. The van der Waals surface area contributed by atoms with Gasteiger partial charge in [-0.1, -0.05) is 72.2 Å². The first kappa shape index (κ1) is 25.8. The molecule has 2 aromatic carbocycles. The van der Waals surface area contributed by atoms with Crippen molar-refractivity contribution in [2.45, 2.75) is 19.6 Å². The molecule has 0 aliphatic rings. The molecule has 0 saturated heterocycles. The van der Waals surface area contributed by atoms with Crippen molar-refractivity contribution in [3.63, 3.8) is 0 Å². The maximum absolute atomic E-state index is 11.2. The monoisotopic (exact) mass is 468 g/mol. The third-order valence-corrected chi connectivity index (χ3v) is 4.87. The highest BCUT2D eigenvalue weighted by atomic mass is 35.5. The molecule has 2 rings (SSSR count). The maximum atomic E-state index is 11.2. The fourth-order valence-electron chi connectivity index (χ4n) is 2.04. The molecule has 0 spiro atoms. The van der Waals surface area contributed by atoms with Crippen molar-refractivity contribution in [2.24, 2.45) is 0 Å². The summed E-state index contributed by atoms with van der Waals surface area (Å²) in [5.41, 5.74) is 2.19. The summed E-state index contributed by atoms with van der Waals surface area (Å²) in [7, 11) is 1.22. The van der Waals surface area contributed by atoms with E-state index in [1.807, 2.05) is 13.0 Å². The van der Waals surface area contributed by atoms with Gasteiger partial charge >= 0.3 is 5.97 Å². The quantitative estimate of drug-likeness (QED) is 0.364. The molecule has 1 atom stereocenters. The second kappa shape index (κ2) is 13.1. The van der Waals surface area contributed by atoms with Crippen LogP contribution in [0.15, 0.2) is 78.4 Å². The highest BCUT2D eigenvalue weighted by Gasteiger charge is 2.17. The van der Waals surface area contributed by atoms with E-state index in [1.54, 1.807) is 48.6 Å². The highest BCUT2D eigenvalue weighted by Crippen LogP contribution is 2.24. The number of hydrogen-bond acceptors (Lipinski definition) is 4. The smallest absolute Gasteiger partial charge is 0.339 e. The molecule has 2 aromatic rings. The standard InChI is InChI=1S/C16H14Cl2O4.C7H9Cl/c1-21-16(20)15(19)11-3-5-12(6-4-11)22-9-10-2-7-13(17)14(18)8-10;1-4-5-7(8)6(2)3/h2-8,15,19H,9H2,1H3;4-5H,1-2H2,3H3/b;7-5+/t15-;/m1./s1. The van der Waals surface area contributed by atoms with E-state index in [1.165, 1.54) is 7.11 Å². The van der Waals surface area contributed by atoms with Gasteiger partial charge in [-0.05, 0) is 54.0 Å². The van der Waals surface area contributed by atoms with Crippen molar-refractivity contribution >= 4 is 40.8 Å². The average Bonchev–Trinajstić information content (AvgIpc) is 2.74. The minimum Gasteiger partial charge on any atom is -0.489 e. The van der Waals surface area contributed by atoms with Gasteiger partial charge in [0.2, 0.25) is 0 Å². The summed E-state index contributed by atoms with van der Waals surface area (Å²) in [6, 6.07) is 11.8. The van der Waals surface area contributed by atoms with Crippen molar-refractivity contribution in [1.29, 1.82) is 0 Å². The molecule has 160 valence electrons. The number of carbonyl (C=O) groups is 1. The molecule has 0 amide bonds. The summed E-state index contributed by atoms with van der Waals surface area (Å²) in [6.07, 6.45) is 2.05. The van der Waals surface area contributed by atoms with Crippen LogP contribution in [-0.4, -0.2) is 18.2 Å². The van der Waals surface area contributed by atoms with Crippen LogP contribution in [0, 0.1) is 0 Å². The summed E-state index contributed by atoms with van der Waals surface area (Å²) in [4.78, 5) is 11.2. The Hall–Kier alpha value is -2.24. The number of benzene rings is 2. The third-order valence-electron chi connectivity index (χ3n) is 3.68. The van der Waals surface area contributed by atoms with Gasteiger partial charge in [0.15, 0.2) is 6.10 Å². The van der Waals surface area contributed by atoms with E-state index in [0.29, 0.717) is 33.0 Å². The third kappa shape index (κ3) is 8.64. The lowest BCUT2D eigenvalue weighted by atomic mass is 10.1. The van der Waals surface area contributed by atoms with Crippen LogP contribution in [0.25, 0.3) is 0 Å². The number of carbonyl (C=O) groups excluding carboxylic acids is 1. The van der Waals surface area contributed by atoms with E-state index < -0.39 is 12.1 Å². The normalized spacial score (nSPS) is 11.6. The number of aliphatic hydroxyl groups excluding tert-OH is 1. The molecule has 0 heterocycles. The predicted octanol–water partition coefficient (Wildman–Crippen LogP) is 6.65. The zero-order valence-corrected chi connectivity index (χ0v) is 19.0. The molecule has 0 bridgehead atoms. The molecule has 1 N–H and O–H groups in total. The van der Waals surface area contributed by atoms with E-state index >= 15 is 0 Å². The van der Waals surface area contributed by atoms with Crippen LogP contribution in [0.4, 0.5) is 0 Å². The highest BCUT2D eigenvalue weighted by molar-refractivity contribution is 6.42. The summed E-state index contributed by atoms with van der Waals surface area (Å²) in [6.45, 7) is 9.29. The predicted molar refractivity (Wildman–Crippen MR) is 123 cm³/mol. The van der Waals surface area contributed by atoms with E-state index in [2.05, 4.69) is 17.9 Å². The molecule has 30 heavy (non-hydrogen) atoms. The Morgan fingerprint density at radius 3 is 2.27 bits per heavy atom. The molecule has 4 nitrogen and oxygen atoms in total. The lowest BCUT2D eigenvalue weighted by Gasteiger charge is -2.10. The minimum atomic E-state index is -1.30. The van der Waals surface area contributed by atoms with Crippen LogP contribution in [-0.2, 0) is 16.1 Å². The summed E-state index contributed by atoms with van der Waals surface area (Å²) in [5, 5.41) is 11.3. The van der Waals surface area contributed by atoms with Gasteiger partial charge in [-0.2, -0.15) is 0 Å². The van der Waals surface area contributed by atoms with Crippen LogP contribution in [0.3, 0.4) is 0 Å². The first-order valence-corrected chi connectivity index (χ1v) is 9.89. The second-order valence-electron chi connectivity index (χ2n) is 6.06. The zero-order chi connectivity index (χ0) is 22.7. The average molecular weight is 470 g/mol. The molecule has 0 saturated carbocycles. The summed E-state index contributed by atoms with van der Waals surface area (Å²) >= 11 is 17.4. The second-order valence-corrected chi connectivity index (χ2v) is 7.28. The van der Waals surface area contributed by atoms with Crippen molar-refractivity contribution in [1.82, 2.24) is 0 Å². The fourth-order valence-corrected chi connectivity index (χ4v) is 2.45. The van der Waals surface area contributed by atoms with Gasteiger partial charge < -0.3 is 14.6 Å². The number of ether oxygens (including phenoxy) is 2. The van der Waals surface area contributed by atoms with Crippen molar-refractivity contribution < 1.29 is 19.4 Å². The van der Waals surface area contributed by atoms with Gasteiger partial charge in [-0.15, -0.1) is 0 Å². The summed E-state index contributed by atoms with van der Waals surface area (Å²) in [5.74, 6) is -0.101. The minimum absolute atomic E-state index is 0.329. The summed E-state index contributed by atoms with van der Waals surface area (Å²) < 4.78 is 10.1. The first-order chi connectivity index (χ1) is 14.2. The number of halogens is 3. The molecule has 7 heteroatoms. The number of methoxy groups -OCH3 is 1. The Balaban J connectivity index is 0.000000479. The molecule has 0 aromatic heterocycles. The van der Waals surface area contributed by atoms with Gasteiger partial charge in [-0.3, -0.25) is 0 Å². The Morgan fingerprint density at radius 2 is 1.80 bits per heavy atom. The van der Waals surface area contributed by atoms with E-state index in [9.17, 15) is 9.90 Å². The van der Waals surface area contributed by atoms with Crippen LogP contribution < -0.4 is 4.74 Å². The number of allylic oxidation sites excluding steroid dienone is 4. The molecule has 0 radical (unpaired) electrons. The molecule has 0 aliphatic heterocycles. The number of rotatable bonds is 7. The molecular formula is C23H23Cl3O4. The lowest BCUT2D eigenvalue weighted by Crippen LogP contribution is -2.13. The Kier molecular flexibility index (Phi) is 11.3. The molecule has 0 fully saturated rings. The zero-order valence-electron chi connectivity index (χ0n) is 16.7. The topological polar surface area (TPSA) is 55.8 Å². The van der Waals surface area contributed by atoms with Crippen LogP contribution in [0.1, 0.15) is 24.2 Å². The van der Waals surface area contributed by atoms with Gasteiger partial charge in [0, 0.05) is 5.03 Å².